The molecular weight excluding hydrogens is 438 g/mol. The Kier molecular flexibility index (Phi) is 6.02. The molecule has 3 aromatic carbocycles. The van der Waals surface area contributed by atoms with Crippen LogP contribution in [0.3, 0.4) is 0 Å². The first-order valence-electron chi connectivity index (χ1n) is 10.4. The van der Waals surface area contributed by atoms with E-state index in [-0.39, 0.29) is 22.6 Å². The summed E-state index contributed by atoms with van der Waals surface area (Å²) in [4.78, 5) is 13.0. The molecule has 0 spiro atoms. The van der Waals surface area contributed by atoms with Crippen molar-refractivity contribution in [1.82, 2.24) is 0 Å². The summed E-state index contributed by atoms with van der Waals surface area (Å²) in [5, 5.41) is 12.0. The highest BCUT2D eigenvalue weighted by Crippen LogP contribution is 2.34. The zero-order valence-electron chi connectivity index (χ0n) is 18.0. The molecule has 0 saturated heterocycles. The molecule has 0 atom stereocenters. The molecule has 1 amide bonds. The number of amides is 1. The van der Waals surface area contributed by atoms with Crippen LogP contribution in [0.2, 0.25) is 0 Å². The van der Waals surface area contributed by atoms with Gasteiger partial charge in [0.1, 0.15) is 12.1 Å². The molecule has 8 heteroatoms. The number of para-hydroxylation sites is 1. The van der Waals surface area contributed by atoms with Gasteiger partial charge in [-0.15, -0.1) is 0 Å². The molecule has 168 valence electrons. The third-order valence-electron chi connectivity index (χ3n) is 5.22. The molecule has 0 aliphatic rings. The number of sulfone groups is 1. The average molecular weight is 462 g/mol. The highest BCUT2D eigenvalue weighted by atomic mass is 32.2. The van der Waals surface area contributed by atoms with Crippen molar-refractivity contribution < 1.29 is 17.6 Å². The highest BCUT2D eigenvalue weighted by molar-refractivity contribution is 7.91. The summed E-state index contributed by atoms with van der Waals surface area (Å²) in [5.41, 5.74) is 8.38. The van der Waals surface area contributed by atoms with Gasteiger partial charge in [-0.1, -0.05) is 37.3 Å². The first kappa shape index (κ1) is 22.3. The number of nitrogens with one attached hydrogen (secondary N) is 2. The SMILES string of the molecule is CCCS(=O)(=O)c1cc(-c2cc(C(=O)Nc3ccccc3)cc3ccc(C(=N)N)cc23)co1. The van der Waals surface area contributed by atoms with Crippen LogP contribution in [0, 0.1) is 5.41 Å². The number of amidine groups is 1. The third kappa shape index (κ3) is 4.65. The predicted octanol–water partition coefficient (Wildman–Crippen LogP) is 4.82. The average Bonchev–Trinajstić information content (AvgIpc) is 3.30. The van der Waals surface area contributed by atoms with Gasteiger partial charge in [0, 0.05) is 28.4 Å². The molecule has 0 bridgehead atoms. The van der Waals surface area contributed by atoms with Gasteiger partial charge >= 0.3 is 0 Å². The number of carbonyl (C=O) groups is 1. The van der Waals surface area contributed by atoms with Gasteiger partial charge in [0.05, 0.1) is 5.75 Å². The van der Waals surface area contributed by atoms with Crippen molar-refractivity contribution in [3.63, 3.8) is 0 Å². The lowest BCUT2D eigenvalue weighted by Gasteiger charge is -2.11. The lowest BCUT2D eigenvalue weighted by atomic mass is 9.95. The van der Waals surface area contributed by atoms with Crippen LogP contribution in [0.1, 0.15) is 29.3 Å². The van der Waals surface area contributed by atoms with Crippen LogP contribution in [0.25, 0.3) is 21.9 Å². The fourth-order valence-electron chi connectivity index (χ4n) is 3.61. The zero-order valence-corrected chi connectivity index (χ0v) is 18.8. The molecule has 1 aromatic heterocycles. The fraction of sp³-hybridized carbons (Fsp3) is 0.120. The van der Waals surface area contributed by atoms with Crippen molar-refractivity contribution in [2.45, 2.75) is 18.4 Å². The van der Waals surface area contributed by atoms with Crippen LogP contribution >= 0.6 is 0 Å². The number of fused-ring (bicyclic) bond motifs is 1. The lowest BCUT2D eigenvalue weighted by Crippen LogP contribution is -2.12. The van der Waals surface area contributed by atoms with Gasteiger partial charge in [0.2, 0.25) is 14.9 Å². The molecule has 4 rings (SSSR count). The Morgan fingerprint density at radius 1 is 1.03 bits per heavy atom. The summed E-state index contributed by atoms with van der Waals surface area (Å²) >= 11 is 0. The van der Waals surface area contributed by atoms with E-state index in [0.29, 0.717) is 34.4 Å². The second-order valence-electron chi connectivity index (χ2n) is 7.67. The molecule has 7 nitrogen and oxygen atoms in total. The second-order valence-corrected chi connectivity index (χ2v) is 9.71. The number of anilines is 1. The van der Waals surface area contributed by atoms with Gasteiger partial charge in [-0.2, -0.15) is 0 Å². The minimum Gasteiger partial charge on any atom is -0.452 e. The van der Waals surface area contributed by atoms with Crippen molar-refractivity contribution in [1.29, 1.82) is 5.41 Å². The lowest BCUT2D eigenvalue weighted by molar-refractivity contribution is 0.102. The topological polar surface area (TPSA) is 126 Å². The van der Waals surface area contributed by atoms with E-state index in [1.54, 1.807) is 49.4 Å². The monoisotopic (exact) mass is 461 g/mol. The number of nitrogen functional groups attached to an aromatic ring is 1. The summed E-state index contributed by atoms with van der Waals surface area (Å²) in [6.45, 7) is 1.78. The Balaban J connectivity index is 1.85. The van der Waals surface area contributed by atoms with Gasteiger partial charge in [0.15, 0.2) is 0 Å². The molecule has 33 heavy (non-hydrogen) atoms. The molecule has 0 aliphatic carbocycles. The van der Waals surface area contributed by atoms with E-state index < -0.39 is 9.84 Å². The summed E-state index contributed by atoms with van der Waals surface area (Å²) in [5.74, 6) is -0.413. The van der Waals surface area contributed by atoms with E-state index in [4.69, 9.17) is 15.6 Å². The number of benzene rings is 3. The highest BCUT2D eigenvalue weighted by Gasteiger charge is 2.20. The number of hydrogen-bond donors (Lipinski definition) is 3. The normalized spacial score (nSPS) is 11.4. The first-order chi connectivity index (χ1) is 15.8. The predicted molar refractivity (Wildman–Crippen MR) is 129 cm³/mol. The van der Waals surface area contributed by atoms with Gasteiger partial charge in [0.25, 0.3) is 5.91 Å². The van der Waals surface area contributed by atoms with E-state index in [1.807, 2.05) is 18.2 Å². The molecule has 0 fully saturated rings. The molecule has 4 aromatic rings. The van der Waals surface area contributed by atoms with Crippen LogP contribution in [-0.4, -0.2) is 25.9 Å². The van der Waals surface area contributed by atoms with Crippen LogP contribution in [0.5, 0.6) is 0 Å². The van der Waals surface area contributed by atoms with Crippen LogP contribution in [-0.2, 0) is 9.84 Å². The van der Waals surface area contributed by atoms with E-state index in [0.717, 1.165) is 10.8 Å². The number of rotatable bonds is 7. The quantitative estimate of drug-likeness (QED) is 0.269. The van der Waals surface area contributed by atoms with E-state index >= 15 is 0 Å². The van der Waals surface area contributed by atoms with Crippen LogP contribution in [0.15, 0.2) is 82.5 Å². The maximum Gasteiger partial charge on any atom is 0.255 e. The maximum absolute atomic E-state index is 13.0. The van der Waals surface area contributed by atoms with Gasteiger partial charge in [-0.25, -0.2) is 8.42 Å². The third-order valence-corrected chi connectivity index (χ3v) is 7.00. The van der Waals surface area contributed by atoms with Crippen molar-refractivity contribution in [2.75, 3.05) is 11.1 Å². The number of carbonyl (C=O) groups excluding carboxylic acids is 1. The fourth-order valence-corrected chi connectivity index (χ4v) is 4.85. The molecule has 0 aliphatic heterocycles. The minimum atomic E-state index is -3.54. The Morgan fingerprint density at radius 3 is 2.48 bits per heavy atom. The Bertz CT molecular complexity index is 1460. The Morgan fingerprint density at radius 2 is 1.79 bits per heavy atom. The van der Waals surface area contributed by atoms with Crippen molar-refractivity contribution in [3.8, 4) is 11.1 Å². The molecule has 0 unspecified atom stereocenters. The van der Waals surface area contributed by atoms with Crippen molar-refractivity contribution in [3.05, 3.63) is 84.1 Å². The van der Waals surface area contributed by atoms with E-state index in [1.165, 1.54) is 12.3 Å². The van der Waals surface area contributed by atoms with Gasteiger partial charge < -0.3 is 15.5 Å². The summed E-state index contributed by atoms with van der Waals surface area (Å²) in [6, 6.07) is 19.2. The summed E-state index contributed by atoms with van der Waals surface area (Å²) < 4.78 is 30.3. The maximum atomic E-state index is 13.0. The van der Waals surface area contributed by atoms with E-state index in [2.05, 4.69) is 5.32 Å². The van der Waals surface area contributed by atoms with Gasteiger partial charge in [-0.05, 0) is 53.1 Å². The van der Waals surface area contributed by atoms with E-state index in [9.17, 15) is 13.2 Å². The molecular formula is C25H23N3O4S. The van der Waals surface area contributed by atoms with Crippen molar-refractivity contribution >= 4 is 38.0 Å². The summed E-state index contributed by atoms with van der Waals surface area (Å²) in [7, 11) is -3.54. The largest absolute Gasteiger partial charge is 0.452 e. The molecule has 0 saturated carbocycles. The molecule has 1 heterocycles. The van der Waals surface area contributed by atoms with Crippen molar-refractivity contribution in [2.24, 2.45) is 5.73 Å². The second kappa shape index (κ2) is 8.91. The zero-order chi connectivity index (χ0) is 23.6. The number of nitrogens with two attached hydrogens (primary N) is 1. The molecule has 0 radical (unpaired) electrons. The van der Waals surface area contributed by atoms with Crippen LogP contribution in [0.4, 0.5) is 5.69 Å². The standard InChI is InChI=1S/C25H23N3O4S/c1-2-10-33(30,31)23-14-19(15-32-23)22-13-18(25(29)28-20-6-4-3-5-7-20)11-16-8-9-17(24(26)27)12-21(16)22/h3-9,11-15H,2,10H2,1H3,(H3,26,27)(H,28,29). The van der Waals surface area contributed by atoms with Crippen LogP contribution < -0.4 is 11.1 Å². The number of hydrogen-bond acceptors (Lipinski definition) is 5. The Labute approximate surface area is 191 Å². The smallest absolute Gasteiger partial charge is 0.255 e. The molecule has 4 N–H and O–H groups in total. The minimum absolute atomic E-state index is 0.0191. The number of furan rings is 1. The van der Waals surface area contributed by atoms with Gasteiger partial charge in [-0.3, -0.25) is 10.2 Å². The summed E-state index contributed by atoms with van der Waals surface area (Å²) in [6.07, 6.45) is 1.84. The Hall–Kier alpha value is -3.91. The first-order valence-corrected chi connectivity index (χ1v) is 12.0.